The van der Waals surface area contributed by atoms with Crippen molar-refractivity contribution < 1.29 is 19.8 Å². The van der Waals surface area contributed by atoms with Gasteiger partial charge in [-0.3, -0.25) is 5.41 Å². The zero-order chi connectivity index (χ0) is 18.3. The maximum absolute atomic E-state index is 10.6. The van der Waals surface area contributed by atoms with E-state index < -0.39 is 24.1 Å². The third-order valence-corrected chi connectivity index (χ3v) is 1.78. The van der Waals surface area contributed by atoms with Gasteiger partial charge in [0.2, 0.25) is 5.96 Å². The average Bonchev–Trinajstić information content (AvgIpc) is 3.14. The minimum absolute atomic E-state index is 0.332. The van der Waals surface area contributed by atoms with Crippen LogP contribution in [0.1, 0.15) is 0 Å². The van der Waals surface area contributed by atoms with Gasteiger partial charge in [0.1, 0.15) is 0 Å². The number of carbonyl (C=O) groups is 2. The molecule has 0 unspecified atom stereocenters. The zero-order valence-corrected chi connectivity index (χ0v) is 11.4. The van der Waals surface area contributed by atoms with Crippen molar-refractivity contribution in [2.24, 2.45) is 27.6 Å². The number of nitrogens with zero attached hydrogens (tertiary/aromatic N) is 11. The Bertz CT molecular complexity index is 703. The van der Waals surface area contributed by atoms with Crippen molar-refractivity contribution >= 4 is 30.0 Å². The van der Waals surface area contributed by atoms with Crippen LogP contribution in [0.15, 0.2) is 10.2 Å². The minimum Gasteiger partial charge on any atom is -0.463 e. The molecule has 0 radical (unpaired) electrons. The maximum Gasteiger partial charge on any atom is 0.437 e. The molecule has 0 aliphatic carbocycles. The molecule has 0 spiro atoms. The van der Waals surface area contributed by atoms with Gasteiger partial charge in [0.05, 0.1) is 0 Å². The minimum atomic E-state index is -1.48. The largest absolute Gasteiger partial charge is 0.463 e. The van der Waals surface area contributed by atoms with Crippen LogP contribution in [0.2, 0.25) is 0 Å². The van der Waals surface area contributed by atoms with E-state index in [0.717, 1.165) is 0 Å². The number of aromatic nitrogens is 8. The number of tetrazole rings is 2. The van der Waals surface area contributed by atoms with E-state index in [1.807, 2.05) is 0 Å². The molecule has 128 valence electrons. The molecular weight excluding hydrogens is 334 g/mol. The third kappa shape index (κ3) is 4.71. The van der Waals surface area contributed by atoms with Gasteiger partial charge in [-0.1, -0.05) is 10.2 Å². The standard InChI is InChI=1S/C4H2N10O4.CH7N5/c15-3(16)13-1(7-9-11-13)5-6-2-8-10-12-14(2)4(17)18;2-1(3)6(4)5/h(H,15,16)(H,17,18);4-5H2,(H3,2,3). The number of guanidine groups is 1. The highest BCUT2D eigenvalue weighted by Crippen LogP contribution is 2.11. The van der Waals surface area contributed by atoms with E-state index >= 15 is 0 Å². The van der Waals surface area contributed by atoms with Crippen molar-refractivity contribution in [2.75, 3.05) is 0 Å². The Balaban J connectivity index is 0.000000413. The molecule has 2 heterocycles. The molecule has 24 heavy (non-hydrogen) atoms. The highest BCUT2D eigenvalue weighted by atomic mass is 16.4. The summed E-state index contributed by atoms with van der Waals surface area (Å²) in [6.07, 6.45) is -2.96. The van der Waals surface area contributed by atoms with Crippen molar-refractivity contribution in [2.45, 2.75) is 0 Å². The molecule has 0 atom stereocenters. The zero-order valence-electron chi connectivity index (χ0n) is 11.4. The smallest absolute Gasteiger partial charge is 0.437 e. The quantitative estimate of drug-likeness (QED) is 0.0793. The Morgan fingerprint density at radius 3 is 1.58 bits per heavy atom. The van der Waals surface area contributed by atoms with Crippen LogP contribution in [0, 0.1) is 5.41 Å². The van der Waals surface area contributed by atoms with Crippen LogP contribution < -0.4 is 17.4 Å². The van der Waals surface area contributed by atoms with Crippen molar-refractivity contribution in [3.8, 4) is 0 Å². The lowest BCUT2D eigenvalue weighted by atomic mass is 10.9. The number of rotatable bonds is 2. The Morgan fingerprint density at radius 1 is 1.00 bits per heavy atom. The lowest BCUT2D eigenvalue weighted by Gasteiger charge is -2.04. The lowest BCUT2D eigenvalue weighted by Crippen LogP contribution is -2.47. The summed E-state index contributed by atoms with van der Waals surface area (Å²) in [5.41, 5.74) is 4.69. The predicted octanol–water partition coefficient (Wildman–Crippen LogP) is -2.94. The van der Waals surface area contributed by atoms with Gasteiger partial charge in [-0.05, 0) is 20.9 Å². The van der Waals surface area contributed by atoms with Crippen molar-refractivity contribution in [1.82, 2.24) is 45.5 Å². The molecule has 0 amide bonds. The fraction of sp³-hybridized carbons (Fsp3) is 0. The average molecular weight is 343 g/mol. The fourth-order valence-electron chi connectivity index (χ4n) is 0.826. The van der Waals surface area contributed by atoms with Gasteiger partial charge in [0.15, 0.2) is 0 Å². The number of carboxylic acid groups (broad SMARTS) is 2. The van der Waals surface area contributed by atoms with Crippen LogP contribution in [-0.2, 0) is 0 Å². The third-order valence-electron chi connectivity index (χ3n) is 1.78. The number of azo groups is 1. The Morgan fingerprint density at radius 2 is 1.33 bits per heavy atom. The first kappa shape index (κ1) is 17.9. The van der Waals surface area contributed by atoms with E-state index in [1.54, 1.807) is 0 Å². The predicted molar refractivity (Wildman–Crippen MR) is 68.8 cm³/mol. The molecule has 19 heteroatoms. The van der Waals surface area contributed by atoms with Gasteiger partial charge in [-0.15, -0.1) is 19.6 Å². The Hall–Kier alpha value is -4.13. The molecular formula is C5H9N15O4. The summed E-state index contributed by atoms with van der Waals surface area (Å²) in [6.45, 7) is 0. The molecule has 0 saturated carbocycles. The first-order valence-electron chi connectivity index (χ1n) is 5.32. The normalized spacial score (nSPS) is 10.1. The van der Waals surface area contributed by atoms with Crippen LogP contribution >= 0.6 is 0 Å². The maximum atomic E-state index is 10.6. The first-order valence-corrected chi connectivity index (χ1v) is 5.32. The van der Waals surface area contributed by atoms with E-state index in [2.05, 4.69) is 41.3 Å². The van der Waals surface area contributed by atoms with Gasteiger partial charge >= 0.3 is 12.2 Å². The van der Waals surface area contributed by atoms with Crippen molar-refractivity contribution in [3.05, 3.63) is 0 Å². The second kappa shape index (κ2) is 7.76. The summed E-state index contributed by atoms with van der Waals surface area (Å²) < 4.78 is 0.664. The summed E-state index contributed by atoms with van der Waals surface area (Å²) in [5, 5.41) is 49.6. The SMILES string of the molecule is N=C(N)N(N)N.O=C(O)n1nnnc1N=Nc1nnnn1C(=O)O. The number of hydrogen-bond donors (Lipinski definition) is 6. The van der Waals surface area contributed by atoms with Gasteiger partial charge in [0, 0.05) is 0 Å². The second-order valence-corrected chi connectivity index (χ2v) is 3.34. The summed E-state index contributed by atoms with van der Waals surface area (Å²) in [5.74, 6) is 8.10. The first-order chi connectivity index (χ1) is 11.2. The molecule has 0 aliphatic rings. The molecule has 2 rings (SSSR count). The molecule has 0 aromatic carbocycles. The Labute approximate surface area is 129 Å². The summed E-state index contributed by atoms with van der Waals surface area (Å²) in [4.78, 5) is 21.2. The van der Waals surface area contributed by atoms with E-state index in [9.17, 15) is 9.59 Å². The van der Waals surface area contributed by atoms with E-state index in [0.29, 0.717) is 14.5 Å². The van der Waals surface area contributed by atoms with Gasteiger partial charge in [-0.25, -0.2) is 26.4 Å². The van der Waals surface area contributed by atoms with Crippen molar-refractivity contribution in [1.29, 1.82) is 5.41 Å². The monoisotopic (exact) mass is 343 g/mol. The topological polar surface area (TPSA) is 292 Å². The van der Waals surface area contributed by atoms with Gasteiger partial charge in [0.25, 0.3) is 11.9 Å². The van der Waals surface area contributed by atoms with Crippen LogP contribution in [-0.4, -0.2) is 73.9 Å². The molecule has 19 nitrogen and oxygen atoms in total. The van der Waals surface area contributed by atoms with Gasteiger partial charge < -0.3 is 15.9 Å². The van der Waals surface area contributed by atoms with E-state index in [4.69, 9.17) is 33.0 Å². The molecule has 9 N–H and O–H groups in total. The number of hydrazine groups is 2. The summed E-state index contributed by atoms with van der Waals surface area (Å²) in [6, 6.07) is 0. The van der Waals surface area contributed by atoms with E-state index in [1.165, 1.54) is 0 Å². The summed E-state index contributed by atoms with van der Waals surface area (Å²) in [7, 11) is 0. The molecule has 0 fully saturated rings. The highest BCUT2D eigenvalue weighted by molar-refractivity contribution is 5.73. The molecule has 2 aromatic rings. The molecule has 2 aromatic heterocycles. The van der Waals surface area contributed by atoms with Crippen LogP contribution in [0.25, 0.3) is 0 Å². The number of nitrogens with one attached hydrogen (secondary N) is 1. The van der Waals surface area contributed by atoms with Crippen LogP contribution in [0.4, 0.5) is 21.5 Å². The Kier molecular flexibility index (Phi) is 5.79. The fourth-order valence-corrected chi connectivity index (χ4v) is 0.826. The van der Waals surface area contributed by atoms with Crippen molar-refractivity contribution in [3.63, 3.8) is 0 Å². The number of hydrogen-bond acceptors (Lipinski definition) is 13. The van der Waals surface area contributed by atoms with Gasteiger partial charge in [-0.2, -0.15) is 0 Å². The second-order valence-electron chi connectivity index (χ2n) is 3.34. The lowest BCUT2D eigenvalue weighted by molar-refractivity contribution is 0.191. The van der Waals surface area contributed by atoms with Crippen LogP contribution in [0.5, 0.6) is 0 Å². The summed E-state index contributed by atoms with van der Waals surface area (Å²) >= 11 is 0. The molecule has 0 bridgehead atoms. The van der Waals surface area contributed by atoms with E-state index in [-0.39, 0.29) is 5.96 Å². The highest BCUT2D eigenvalue weighted by Gasteiger charge is 2.14. The number of nitrogens with two attached hydrogens (primary N) is 3. The van der Waals surface area contributed by atoms with Crippen LogP contribution in [0.3, 0.4) is 0 Å². The molecule has 0 aliphatic heterocycles. The molecule has 0 saturated heterocycles.